The first kappa shape index (κ1) is 17.2. The van der Waals surface area contributed by atoms with Crippen LogP contribution in [0.4, 0.5) is 4.39 Å². The van der Waals surface area contributed by atoms with Crippen LogP contribution in [0.5, 0.6) is 5.75 Å². The highest BCUT2D eigenvalue weighted by atomic mass is 19.1. The molecule has 4 aromatic rings. The maximum atomic E-state index is 14.2. The number of benzene rings is 1. The van der Waals surface area contributed by atoms with E-state index < -0.39 is 0 Å². The molecular weight excluding hydrogens is 345 g/mol. The van der Waals surface area contributed by atoms with Crippen molar-refractivity contribution in [3.63, 3.8) is 0 Å². The van der Waals surface area contributed by atoms with Gasteiger partial charge in [0.15, 0.2) is 5.65 Å². The van der Waals surface area contributed by atoms with Gasteiger partial charge in [0.1, 0.15) is 23.7 Å². The highest BCUT2D eigenvalue weighted by molar-refractivity contribution is 5.60. The van der Waals surface area contributed by atoms with Gasteiger partial charge in [-0.1, -0.05) is 6.07 Å². The number of hydrogen-bond acceptors (Lipinski definition) is 4. The van der Waals surface area contributed by atoms with Crippen LogP contribution in [0.15, 0.2) is 42.9 Å². The Labute approximate surface area is 156 Å². The molecule has 138 valence electrons. The zero-order chi connectivity index (χ0) is 19.0. The first-order chi connectivity index (χ1) is 13.1. The van der Waals surface area contributed by atoms with Crippen molar-refractivity contribution in [2.45, 2.75) is 26.7 Å². The second kappa shape index (κ2) is 6.83. The van der Waals surface area contributed by atoms with E-state index in [1.54, 1.807) is 25.6 Å². The molecule has 0 amide bonds. The number of methoxy groups -OCH3 is 1. The van der Waals surface area contributed by atoms with Crippen LogP contribution in [0, 0.1) is 19.7 Å². The summed E-state index contributed by atoms with van der Waals surface area (Å²) in [6.45, 7) is 3.92. The molecule has 0 aliphatic carbocycles. The number of imidazole rings is 1. The zero-order valence-electron chi connectivity index (χ0n) is 15.5. The van der Waals surface area contributed by atoms with Gasteiger partial charge in [0.2, 0.25) is 0 Å². The van der Waals surface area contributed by atoms with Crippen LogP contribution in [-0.4, -0.2) is 31.3 Å². The highest BCUT2D eigenvalue weighted by Gasteiger charge is 2.14. The van der Waals surface area contributed by atoms with E-state index in [-0.39, 0.29) is 5.82 Å². The topological polar surface area (TPSA) is 57.2 Å². The molecule has 4 rings (SSSR count). The maximum Gasteiger partial charge on any atom is 0.185 e. The van der Waals surface area contributed by atoms with Gasteiger partial charge in [0.05, 0.1) is 18.5 Å². The van der Waals surface area contributed by atoms with Gasteiger partial charge in [0, 0.05) is 17.5 Å². The lowest BCUT2D eigenvalue weighted by molar-refractivity contribution is 0.404. The van der Waals surface area contributed by atoms with Gasteiger partial charge in [-0.2, -0.15) is 0 Å². The predicted octanol–water partition coefficient (Wildman–Crippen LogP) is 3.46. The molecule has 0 fully saturated rings. The molecule has 1 aromatic carbocycles. The Morgan fingerprint density at radius 3 is 2.70 bits per heavy atom. The Morgan fingerprint density at radius 2 is 1.96 bits per heavy atom. The summed E-state index contributed by atoms with van der Waals surface area (Å²) in [6.07, 6.45) is 4.81. The van der Waals surface area contributed by atoms with Crippen molar-refractivity contribution >= 4 is 5.65 Å². The number of aryl methyl sites for hydroxylation is 3. The van der Waals surface area contributed by atoms with Crippen LogP contribution in [0.2, 0.25) is 0 Å². The molecular formula is C20H20FN5O. The number of ether oxygens (including phenoxy) is 1. The maximum absolute atomic E-state index is 14.2. The molecule has 0 unspecified atom stereocenters. The molecule has 27 heavy (non-hydrogen) atoms. The first-order valence-corrected chi connectivity index (χ1v) is 8.74. The summed E-state index contributed by atoms with van der Waals surface area (Å²) in [5.74, 6) is 1.20. The number of nitrogens with zero attached hydrogens (tertiary/aromatic N) is 5. The van der Waals surface area contributed by atoms with Crippen molar-refractivity contribution in [3.8, 4) is 11.4 Å². The first-order valence-electron chi connectivity index (χ1n) is 8.74. The van der Waals surface area contributed by atoms with E-state index in [1.807, 2.05) is 41.1 Å². The Morgan fingerprint density at radius 1 is 1.11 bits per heavy atom. The lowest BCUT2D eigenvalue weighted by atomic mass is 10.1. The molecule has 0 radical (unpaired) electrons. The summed E-state index contributed by atoms with van der Waals surface area (Å²) in [7, 11) is 1.56. The van der Waals surface area contributed by atoms with Crippen molar-refractivity contribution in [1.29, 1.82) is 0 Å². The highest BCUT2D eigenvalue weighted by Crippen LogP contribution is 2.24. The van der Waals surface area contributed by atoms with Gasteiger partial charge in [-0.05, 0) is 51.0 Å². The summed E-state index contributed by atoms with van der Waals surface area (Å²) in [5, 5.41) is 8.35. The molecule has 0 atom stereocenters. The third kappa shape index (κ3) is 3.05. The van der Waals surface area contributed by atoms with Crippen LogP contribution in [0.3, 0.4) is 0 Å². The lowest BCUT2D eigenvalue weighted by Gasteiger charge is -2.12. The fourth-order valence-electron chi connectivity index (χ4n) is 3.43. The minimum absolute atomic E-state index is 0.254. The fraction of sp³-hybridized carbons (Fsp3) is 0.250. The third-order valence-electron chi connectivity index (χ3n) is 4.71. The Kier molecular flexibility index (Phi) is 4.35. The normalized spacial score (nSPS) is 11.3. The van der Waals surface area contributed by atoms with Crippen LogP contribution in [0.1, 0.15) is 22.8 Å². The molecule has 0 spiro atoms. The molecule has 3 heterocycles. The molecule has 6 nitrogen and oxygen atoms in total. The molecule has 0 saturated heterocycles. The predicted molar refractivity (Wildman–Crippen MR) is 99.9 cm³/mol. The minimum Gasteiger partial charge on any atom is -0.496 e. The van der Waals surface area contributed by atoms with Gasteiger partial charge < -0.3 is 9.30 Å². The van der Waals surface area contributed by atoms with E-state index >= 15 is 0 Å². The molecule has 0 aliphatic heterocycles. The van der Waals surface area contributed by atoms with Crippen LogP contribution in [0.25, 0.3) is 11.3 Å². The number of aromatic nitrogens is 5. The number of hydrogen-bond donors (Lipinski definition) is 0. The van der Waals surface area contributed by atoms with Crippen LogP contribution in [-0.2, 0) is 12.8 Å². The Balaban J connectivity index is 1.70. The van der Waals surface area contributed by atoms with E-state index in [0.29, 0.717) is 24.2 Å². The number of halogens is 1. The number of pyridine rings is 1. The van der Waals surface area contributed by atoms with Crippen molar-refractivity contribution in [2.75, 3.05) is 7.11 Å². The van der Waals surface area contributed by atoms with Crippen molar-refractivity contribution < 1.29 is 9.13 Å². The summed E-state index contributed by atoms with van der Waals surface area (Å²) in [4.78, 5) is 4.46. The minimum atomic E-state index is -0.254. The lowest BCUT2D eigenvalue weighted by Crippen LogP contribution is -2.05. The standard InChI is InChI=1S/C20H20FN5O/c1-13-11-25(14(2)23-13)18-10-8-15(26-12-22-24-20(18)26)7-9-16-17(21)5-4-6-19(16)27-3/h4-6,8,10-12H,7,9H2,1-3H3. The van der Waals surface area contributed by atoms with Crippen molar-refractivity contribution in [2.24, 2.45) is 0 Å². The Hall–Kier alpha value is -3.22. The van der Waals surface area contributed by atoms with E-state index in [4.69, 9.17) is 4.74 Å². The largest absolute Gasteiger partial charge is 0.496 e. The summed E-state index contributed by atoms with van der Waals surface area (Å²) < 4.78 is 23.4. The van der Waals surface area contributed by atoms with Crippen molar-refractivity contribution in [3.05, 3.63) is 71.4 Å². The third-order valence-corrected chi connectivity index (χ3v) is 4.71. The summed E-state index contributed by atoms with van der Waals surface area (Å²) in [6, 6.07) is 8.92. The summed E-state index contributed by atoms with van der Waals surface area (Å²) in [5.41, 5.74) is 4.18. The van der Waals surface area contributed by atoms with Gasteiger partial charge in [-0.3, -0.25) is 4.40 Å². The van der Waals surface area contributed by atoms with E-state index in [0.717, 1.165) is 28.5 Å². The Bertz CT molecular complexity index is 1110. The van der Waals surface area contributed by atoms with Gasteiger partial charge in [-0.15, -0.1) is 10.2 Å². The van der Waals surface area contributed by atoms with Crippen molar-refractivity contribution in [1.82, 2.24) is 24.1 Å². The van der Waals surface area contributed by atoms with E-state index in [1.165, 1.54) is 6.07 Å². The average molecular weight is 365 g/mol. The quantitative estimate of drug-likeness (QED) is 0.543. The second-order valence-corrected chi connectivity index (χ2v) is 6.45. The van der Waals surface area contributed by atoms with Crippen LogP contribution >= 0.6 is 0 Å². The van der Waals surface area contributed by atoms with Gasteiger partial charge >= 0.3 is 0 Å². The molecule has 0 aliphatic rings. The molecule has 0 saturated carbocycles. The average Bonchev–Trinajstić information content (AvgIpc) is 3.27. The summed E-state index contributed by atoms with van der Waals surface area (Å²) >= 11 is 0. The fourth-order valence-corrected chi connectivity index (χ4v) is 3.43. The smallest absolute Gasteiger partial charge is 0.185 e. The molecule has 3 aromatic heterocycles. The van der Waals surface area contributed by atoms with E-state index in [9.17, 15) is 4.39 Å². The zero-order valence-corrected chi connectivity index (χ0v) is 15.5. The SMILES string of the molecule is COc1cccc(F)c1CCc1ccc(-n2cc(C)nc2C)c2nncn12. The number of rotatable bonds is 5. The number of fused-ring (bicyclic) bond motifs is 1. The molecule has 7 heteroatoms. The van der Waals surface area contributed by atoms with Crippen LogP contribution < -0.4 is 4.74 Å². The monoisotopic (exact) mass is 365 g/mol. The molecule has 0 bridgehead atoms. The van der Waals surface area contributed by atoms with Gasteiger partial charge in [-0.25, -0.2) is 9.37 Å². The van der Waals surface area contributed by atoms with E-state index in [2.05, 4.69) is 15.2 Å². The second-order valence-electron chi connectivity index (χ2n) is 6.45. The molecule has 0 N–H and O–H groups in total. The van der Waals surface area contributed by atoms with Gasteiger partial charge in [0.25, 0.3) is 0 Å².